The first-order chi connectivity index (χ1) is 9.47. The molecule has 0 fully saturated rings. The molecule has 2 heterocycles. The number of aryl methyl sites for hydroxylation is 1. The van der Waals surface area contributed by atoms with E-state index in [1.165, 1.54) is 0 Å². The number of nitrogens with two attached hydrogens (primary N) is 1. The van der Waals surface area contributed by atoms with Crippen molar-refractivity contribution in [2.45, 2.75) is 6.92 Å². The Hall–Kier alpha value is -1.42. The summed E-state index contributed by atoms with van der Waals surface area (Å²) in [4.78, 5) is 4.52. The van der Waals surface area contributed by atoms with Gasteiger partial charge in [-0.2, -0.15) is 0 Å². The third-order valence-corrected chi connectivity index (χ3v) is 3.84. The minimum atomic E-state index is 0.460. The molecule has 20 heavy (non-hydrogen) atoms. The van der Waals surface area contributed by atoms with Crippen molar-refractivity contribution in [3.8, 4) is 11.3 Å². The van der Waals surface area contributed by atoms with E-state index in [1.807, 2.05) is 25.1 Å². The molecule has 2 N–H and O–H groups in total. The van der Waals surface area contributed by atoms with Crippen molar-refractivity contribution in [1.82, 2.24) is 9.38 Å². The van der Waals surface area contributed by atoms with E-state index >= 15 is 0 Å². The third-order valence-electron chi connectivity index (χ3n) is 3.12. The van der Waals surface area contributed by atoms with Crippen LogP contribution in [0.3, 0.4) is 0 Å². The van der Waals surface area contributed by atoms with E-state index in [2.05, 4.69) is 4.98 Å². The fourth-order valence-electron chi connectivity index (χ4n) is 2.18. The lowest BCUT2D eigenvalue weighted by molar-refractivity contribution is 1.20. The molecule has 3 nitrogen and oxygen atoms in total. The zero-order chi connectivity index (χ0) is 14.4. The number of aromatic nitrogens is 2. The van der Waals surface area contributed by atoms with Gasteiger partial charge in [0.05, 0.1) is 10.0 Å². The quantitative estimate of drug-likeness (QED) is 0.694. The minimum absolute atomic E-state index is 0.460. The lowest BCUT2D eigenvalue weighted by atomic mass is 10.1. The highest BCUT2D eigenvalue weighted by Crippen LogP contribution is 2.33. The second-order valence-corrected chi connectivity index (χ2v) is 5.78. The van der Waals surface area contributed by atoms with Gasteiger partial charge in [0.15, 0.2) is 5.65 Å². The Morgan fingerprint density at radius 1 is 1.10 bits per heavy atom. The molecule has 0 bridgehead atoms. The topological polar surface area (TPSA) is 43.3 Å². The molecule has 2 aromatic heterocycles. The molecule has 0 atom stereocenters. The number of imidazole rings is 1. The van der Waals surface area contributed by atoms with E-state index in [9.17, 15) is 0 Å². The summed E-state index contributed by atoms with van der Waals surface area (Å²) in [5, 5.41) is 1.64. The van der Waals surface area contributed by atoms with E-state index in [0.29, 0.717) is 32.2 Å². The maximum absolute atomic E-state index is 6.17. The Kier molecular flexibility index (Phi) is 3.28. The van der Waals surface area contributed by atoms with Gasteiger partial charge in [0.1, 0.15) is 11.5 Å². The molecular weight excluding hydrogens is 317 g/mol. The molecule has 0 unspecified atom stereocenters. The third kappa shape index (κ3) is 2.12. The number of anilines is 1. The van der Waals surface area contributed by atoms with Crippen LogP contribution in [0.5, 0.6) is 0 Å². The summed E-state index contributed by atoms with van der Waals surface area (Å²) in [5.41, 5.74) is 9.33. The predicted octanol–water partition coefficient (Wildman–Crippen LogP) is 4.85. The molecule has 0 aliphatic rings. The summed E-state index contributed by atoms with van der Waals surface area (Å²) in [7, 11) is 0. The summed E-state index contributed by atoms with van der Waals surface area (Å²) < 4.78 is 1.69. The fourth-order valence-corrected chi connectivity index (χ4v) is 2.92. The number of rotatable bonds is 1. The molecule has 1 aromatic carbocycles. The number of benzene rings is 1. The average molecular weight is 327 g/mol. The predicted molar refractivity (Wildman–Crippen MR) is 84.8 cm³/mol. The van der Waals surface area contributed by atoms with Crippen LogP contribution in [0.1, 0.15) is 5.56 Å². The monoisotopic (exact) mass is 325 g/mol. The summed E-state index contributed by atoms with van der Waals surface area (Å²) in [6.45, 7) is 1.96. The van der Waals surface area contributed by atoms with Crippen LogP contribution in [0.15, 0.2) is 30.5 Å². The maximum atomic E-state index is 6.17. The largest absolute Gasteiger partial charge is 0.383 e. The Bertz CT molecular complexity index is 824. The average Bonchev–Trinajstić information content (AvgIpc) is 2.68. The van der Waals surface area contributed by atoms with Crippen LogP contribution in [0.25, 0.3) is 16.9 Å². The standard InChI is InChI=1S/C14H10Cl3N3/c1-7-4-8(15)2-3-10(7)12-13(18)20-6-9(16)5-11(17)14(20)19-12/h2-6H,18H2,1H3. The number of halogens is 3. The van der Waals surface area contributed by atoms with Crippen LogP contribution in [-0.4, -0.2) is 9.38 Å². The Morgan fingerprint density at radius 2 is 1.85 bits per heavy atom. The number of hydrogen-bond donors (Lipinski definition) is 1. The van der Waals surface area contributed by atoms with Gasteiger partial charge in [0, 0.05) is 16.8 Å². The van der Waals surface area contributed by atoms with E-state index in [1.54, 1.807) is 16.7 Å². The smallest absolute Gasteiger partial charge is 0.158 e. The molecule has 0 aliphatic carbocycles. The molecule has 3 aromatic rings. The number of fused-ring (bicyclic) bond motifs is 1. The normalized spacial score (nSPS) is 11.2. The van der Waals surface area contributed by atoms with Gasteiger partial charge in [-0.15, -0.1) is 0 Å². The highest BCUT2D eigenvalue weighted by Gasteiger charge is 2.15. The first-order valence-corrected chi connectivity index (χ1v) is 7.00. The molecule has 0 amide bonds. The zero-order valence-electron chi connectivity index (χ0n) is 10.5. The van der Waals surface area contributed by atoms with E-state index in [4.69, 9.17) is 40.5 Å². The zero-order valence-corrected chi connectivity index (χ0v) is 12.8. The van der Waals surface area contributed by atoms with Crippen molar-refractivity contribution >= 4 is 46.3 Å². The van der Waals surface area contributed by atoms with Gasteiger partial charge in [-0.25, -0.2) is 4.98 Å². The summed E-state index contributed by atoms with van der Waals surface area (Å²) >= 11 is 18.1. The number of nitrogen functional groups attached to an aromatic ring is 1. The highest BCUT2D eigenvalue weighted by atomic mass is 35.5. The number of hydrogen-bond acceptors (Lipinski definition) is 2. The van der Waals surface area contributed by atoms with Crippen molar-refractivity contribution in [2.24, 2.45) is 0 Å². The van der Waals surface area contributed by atoms with Gasteiger partial charge >= 0.3 is 0 Å². The molecule has 0 spiro atoms. The Morgan fingerprint density at radius 3 is 2.55 bits per heavy atom. The van der Waals surface area contributed by atoms with Gasteiger partial charge in [0.25, 0.3) is 0 Å². The number of nitrogens with zero attached hydrogens (tertiary/aromatic N) is 2. The van der Waals surface area contributed by atoms with Gasteiger partial charge in [0.2, 0.25) is 0 Å². The molecule has 3 rings (SSSR count). The van der Waals surface area contributed by atoms with Crippen LogP contribution in [0, 0.1) is 6.92 Å². The van der Waals surface area contributed by atoms with Gasteiger partial charge in [-0.05, 0) is 30.7 Å². The van der Waals surface area contributed by atoms with E-state index in [0.717, 1.165) is 11.1 Å². The summed E-state index contributed by atoms with van der Waals surface area (Å²) in [6.07, 6.45) is 1.69. The van der Waals surface area contributed by atoms with Gasteiger partial charge in [-0.1, -0.05) is 40.9 Å². The molecule has 0 aliphatic heterocycles. The fraction of sp³-hybridized carbons (Fsp3) is 0.0714. The maximum Gasteiger partial charge on any atom is 0.158 e. The van der Waals surface area contributed by atoms with Crippen molar-refractivity contribution in [3.05, 3.63) is 51.1 Å². The van der Waals surface area contributed by atoms with Crippen LogP contribution in [0.4, 0.5) is 5.82 Å². The van der Waals surface area contributed by atoms with Crippen LogP contribution in [-0.2, 0) is 0 Å². The SMILES string of the molecule is Cc1cc(Cl)ccc1-c1nc2c(Cl)cc(Cl)cn2c1N. The molecular formula is C14H10Cl3N3. The summed E-state index contributed by atoms with van der Waals surface area (Å²) in [6, 6.07) is 7.21. The van der Waals surface area contributed by atoms with Crippen molar-refractivity contribution in [2.75, 3.05) is 5.73 Å². The molecule has 0 radical (unpaired) electrons. The second kappa shape index (κ2) is 4.85. The van der Waals surface area contributed by atoms with Crippen LogP contribution in [0.2, 0.25) is 15.1 Å². The molecule has 0 saturated carbocycles. The van der Waals surface area contributed by atoms with E-state index in [-0.39, 0.29) is 0 Å². The van der Waals surface area contributed by atoms with Gasteiger partial charge in [-0.3, -0.25) is 4.40 Å². The van der Waals surface area contributed by atoms with Crippen molar-refractivity contribution in [3.63, 3.8) is 0 Å². The molecule has 102 valence electrons. The van der Waals surface area contributed by atoms with Crippen LogP contribution >= 0.6 is 34.8 Å². The Labute approximate surface area is 130 Å². The van der Waals surface area contributed by atoms with Crippen molar-refractivity contribution in [1.29, 1.82) is 0 Å². The summed E-state index contributed by atoms with van der Waals surface area (Å²) in [5.74, 6) is 0.495. The molecule has 6 heteroatoms. The Balaban J connectivity index is 2.32. The van der Waals surface area contributed by atoms with E-state index < -0.39 is 0 Å². The van der Waals surface area contributed by atoms with Gasteiger partial charge < -0.3 is 5.73 Å². The number of pyridine rings is 1. The highest BCUT2D eigenvalue weighted by molar-refractivity contribution is 6.36. The lowest BCUT2D eigenvalue weighted by Crippen LogP contribution is -1.95. The lowest BCUT2D eigenvalue weighted by Gasteiger charge is -2.04. The van der Waals surface area contributed by atoms with Crippen molar-refractivity contribution < 1.29 is 0 Å². The first-order valence-electron chi connectivity index (χ1n) is 5.86. The molecule has 0 saturated heterocycles. The second-order valence-electron chi connectivity index (χ2n) is 4.50. The van der Waals surface area contributed by atoms with Crippen LogP contribution < -0.4 is 5.73 Å². The minimum Gasteiger partial charge on any atom is -0.383 e. The first kappa shape index (κ1) is 13.6.